The topological polar surface area (TPSA) is 55.8 Å². The molecule has 0 bridgehead atoms. The van der Waals surface area contributed by atoms with Crippen molar-refractivity contribution in [1.82, 2.24) is 4.90 Å². The van der Waals surface area contributed by atoms with Gasteiger partial charge in [-0.25, -0.2) is 0 Å². The lowest BCUT2D eigenvalue weighted by Gasteiger charge is -2.16. The second-order valence-corrected chi connectivity index (χ2v) is 9.04. The van der Waals surface area contributed by atoms with E-state index >= 15 is 0 Å². The van der Waals surface area contributed by atoms with Gasteiger partial charge in [0, 0.05) is 5.25 Å². The quantitative estimate of drug-likeness (QED) is 0.578. The second kappa shape index (κ2) is 9.39. The Morgan fingerprint density at radius 2 is 1.60 bits per heavy atom. The molecule has 2 aromatic rings. The number of rotatable bonds is 8. The van der Waals surface area contributed by atoms with E-state index in [0.29, 0.717) is 16.2 Å². The minimum Gasteiger partial charge on any atom is -0.497 e. The average molecular weight is 426 g/mol. The minimum absolute atomic E-state index is 0.189. The molecule has 5 nitrogen and oxygen atoms in total. The molecule has 0 aliphatic carbocycles. The van der Waals surface area contributed by atoms with E-state index < -0.39 is 0 Å². The van der Waals surface area contributed by atoms with Gasteiger partial charge in [0.1, 0.15) is 18.1 Å². The van der Waals surface area contributed by atoms with Gasteiger partial charge in [0.2, 0.25) is 0 Å². The number of hydrogen-bond donors (Lipinski definition) is 0. The van der Waals surface area contributed by atoms with E-state index in [-0.39, 0.29) is 30.2 Å². The Labute approximate surface area is 182 Å². The van der Waals surface area contributed by atoms with Gasteiger partial charge < -0.3 is 9.47 Å². The molecule has 1 heterocycles. The van der Waals surface area contributed by atoms with E-state index in [2.05, 4.69) is 0 Å². The van der Waals surface area contributed by atoms with Crippen LogP contribution in [0.15, 0.2) is 47.4 Å². The summed E-state index contributed by atoms with van der Waals surface area (Å²) < 4.78 is 10.9. The summed E-state index contributed by atoms with van der Waals surface area (Å²) >= 11 is 1.44. The van der Waals surface area contributed by atoms with Gasteiger partial charge in [-0.3, -0.25) is 14.5 Å². The Hall–Kier alpha value is -2.73. The fourth-order valence-corrected chi connectivity index (χ4v) is 4.19. The molecule has 0 saturated carbocycles. The van der Waals surface area contributed by atoms with E-state index in [1.165, 1.54) is 16.7 Å². The number of ether oxygens (including phenoxy) is 2. The van der Waals surface area contributed by atoms with Crippen molar-refractivity contribution in [1.29, 1.82) is 0 Å². The number of amides is 2. The molecule has 0 spiro atoms. The number of aryl methyl sites for hydroxylation is 2. The highest BCUT2D eigenvalue weighted by Gasteiger charge is 2.39. The van der Waals surface area contributed by atoms with Crippen molar-refractivity contribution in [2.45, 2.75) is 32.9 Å². The van der Waals surface area contributed by atoms with Gasteiger partial charge in [0.15, 0.2) is 0 Å². The molecule has 0 N–H and O–H groups in total. The van der Waals surface area contributed by atoms with E-state index in [9.17, 15) is 9.59 Å². The highest BCUT2D eigenvalue weighted by molar-refractivity contribution is 8.04. The maximum Gasteiger partial charge on any atom is 0.268 e. The van der Waals surface area contributed by atoms with E-state index in [0.717, 1.165) is 22.4 Å². The summed E-state index contributed by atoms with van der Waals surface area (Å²) in [4.78, 5) is 28.1. The summed E-state index contributed by atoms with van der Waals surface area (Å²) in [6.45, 7) is 8.49. The van der Waals surface area contributed by atoms with Gasteiger partial charge in [-0.05, 0) is 54.8 Å². The molecule has 2 aromatic carbocycles. The molecule has 0 saturated heterocycles. The number of hydrogen-bond acceptors (Lipinski definition) is 5. The van der Waals surface area contributed by atoms with Crippen molar-refractivity contribution >= 4 is 29.1 Å². The van der Waals surface area contributed by atoms with Crippen molar-refractivity contribution in [2.75, 3.05) is 20.3 Å². The maximum absolute atomic E-state index is 13.2. The zero-order valence-electron chi connectivity index (χ0n) is 18.0. The minimum atomic E-state index is -0.260. The lowest BCUT2D eigenvalue weighted by atomic mass is 10.0. The Kier molecular flexibility index (Phi) is 6.87. The number of benzene rings is 2. The molecule has 0 unspecified atom stereocenters. The third kappa shape index (κ3) is 4.70. The highest BCUT2D eigenvalue weighted by Crippen LogP contribution is 2.38. The summed E-state index contributed by atoms with van der Waals surface area (Å²) in [6, 6.07) is 13.1. The number of carbonyl (C=O) groups excluding carboxylic acids is 2. The molecule has 30 heavy (non-hydrogen) atoms. The van der Waals surface area contributed by atoms with E-state index in [1.54, 1.807) is 31.4 Å². The van der Waals surface area contributed by atoms with Crippen molar-refractivity contribution in [3.05, 3.63) is 64.1 Å². The molecule has 2 amide bonds. The van der Waals surface area contributed by atoms with Crippen molar-refractivity contribution < 1.29 is 19.1 Å². The normalized spacial score (nSPS) is 14.1. The monoisotopic (exact) mass is 425 g/mol. The highest BCUT2D eigenvalue weighted by atomic mass is 32.2. The second-order valence-electron chi connectivity index (χ2n) is 7.46. The molecule has 3 rings (SSSR count). The predicted octanol–water partition coefficient (Wildman–Crippen LogP) is 4.61. The molecular formula is C24H27NO4S. The van der Waals surface area contributed by atoms with Gasteiger partial charge in [-0.15, -0.1) is 11.8 Å². The van der Waals surface area contributed by atoms with Crippen LogP contribution in [0.4, 0.5) is 0 Å². The average Bonchev–Trinajstić information content (AvgIpc) is 2.94. The van der Waals surface area contributed by atoms with Crippen LogP contribution >= 0.6 is 11.8 Å². The van der Waals surface area contributed by atoms with Crippen molar-refractivity contribution in [2.24, 2.45) is 0 Å². The SMILES string of the molecule is COc1ccc(OCCN2C(=O)C(SC(C)C)=C(c3ccc(C)c(C)c3)C2=O)cc1. The third-order valence-electron chi connectivity index (χ3n) is 4.92. The summed E-state index contributed by atoms with van der Waals surface area (Å²) in [5, 5.41) is 0.189. The first-order chi connectivity index (χ1) is 14.3. The van der Waals surface area contributed by atoms with Gasteiger partial charge >= 0.3 is 0 Å². The van der Waals surface area contributed by atoms with Crippen LogP contribution in [-0.2, 0) is 9.59 Å². The molecule has 158 valence electrons. The number of thioether (sulfide) groups is 1. The Bertz CT molecular complexity index is 979. The van der Waals surface area contributed by atoms with Gasteiger partial charge in [-0.2, -0.15) is 0 Å². The summed E-state index contributed by atoms with van der Waals surface area (Å²) in [6.07, 6.45) is 0. The maximum atomic E-state index is 13.2. The summed E-state index contributed by atoms with van der Waals surface area (Å²) in [7, 11) is 1.60. The van der Waals surface area contributed by atoms with Crippen LogP contribution in [0.1, 0.15) is 30.5 Å². The van der Waals surface area contributed by atoms with Crippen LogP contribution < -0.4 is 9.47 Å². The number of nitrogens with zero attached hydrogens (tertiary/aromatic N) is 1. The molecule has 0 fully saturated rings. The fourth-order valence-electron chi connectivity index (χ4n) is 3.18. The van der Waals surface area contributed by atoms with Crippen LogP contribution in [0.3, 0.4) is 0 Å². The van der Waals surface area contributed by atoms with Gasteiger partial charge in [0.25, 0.3) is 11.8 Å². The Morgan fingerprint density at radius 1 is 0.933 bits per heavy atom. The molecule has 0 atom stereocenters. The Balaban J connectivity index is 1.78. The van der Waals surface area contributed by atoms with Crippen LogP contribution in [0, 0.1) is 13.8 Å². The van der Waals surface area contributed by atoms with Gasteiger partial charge in [-0.1, -0.05) is 32.0 Å². The lowest BCUT2D eigenvalue weighted by Crippen LogP contribution is -2.35. The predicted molar refractivity (Wildman–Crippen MR) is 121 cm³/mol. The van der Waals surface area contributed by atoms with E-state index in [1.807, 2.05) is 45.9 Å². The van der Waals surface area contributed by atoms with Gasteiger partial charge in [0.05, 0.1) is 24.1 Å². The van der Waals surface area contributed by atoms with Crippen LogP contribution in [-0.4, -0.2) is 42.2 Å². The third-order valence-corrected chi connectivity index (χ3v) is 6.00. The lowest BCUT2D eigenvalue weighted by molar-refractivity contribution is -0.136. The van der Waals surface area contributed by atoms with Crippen molar-refractivity contribution in [3.63, 3.8) is 0 Å². The van der Waals surface area contributed by atoms with Crippen molar-refractivity contribution in [3.8, 4) is 11.5 Å². The zero-order valence-corrected chi connectivity index (χ0v) is 18.8. The fraction of sp³-hybridized carbons (Fsp3) is 0.333. The first kappa shape index (κ1) is 22.0. The molecule has 0 aromatic heterocycles. The molecule has 1 aliphatic heterocycles. The number of carbonyl (C=O) groups is 2. The van der Waals surface area contributed by atoms with E-state index in [4.69, 9.17) is 9.47 Å². The summed E-state index contributed by atoms with van der Waals surface area (Å²) in [5.74, 6) is 0.897. The zero-order chi connectivity index (χ0) is 21.8. The molecule has 0 radical (unpaired) electrons. The number of methoxy groups -OCH3 is 1. The number of imide groups is 1. The molecule has 6 heteroatoms. The van der Waals surface area contributed by atoms with Crippen LogP contribution in [0.25, 0.3) is 5.57 Å². The smallest absolute Gasteiger partial charge is 0.268 e. The largest absolute Gasteiger partial charge is 0.497 e. The standard InChI is InChI=1S/C24H27NO4S/c1-15(2)30-22-21(18-7-6-16(3)17(4)14-18)23(26)25(24(22)27)12-13-29-20-10-8-19(28-5)9-11-20/h6-11,14-15H,12-13H2,1-5H3. The van der Waals surface area contributed by atoms with Crippen LogP contribution in [0.2, 0.25) is 0 Å². The molecular weight excluding hydrogens is 398 g/mol. The first-order valence-corrected chi connectivity index (χ1v) is 10.8. The van der Waals surface area contributed by atoms with Crippen LogP contribution in [0.5, 0.6) is 11.5 Å². The Morgan fingerprint density at radius 3 is 2.20 bits per heavy atom. The summed E-state index contributed by atoms with van der Waals surface area (Å²) in [5.41, 5.74) is 3.53. The molecule has 1 aliphatic rings. The first-order valence-electron chi connectivity index (χ1n) is 9.93.